The average molecular weight is 373 g/mol. The van der Waals surface area contributed by atoms with Crippen LogP contribution in [-0.2, 0) is 16.1 Å². The molecule has 0 aliphatic carbocycles. The van der Waals surface area contributed by atoms with Crippen LogP contribution >= 0.6 is 0 Å². The topological polar surface area (TPSA) is 70.7 Å². The molecule has 0 saturated carbocycles. The molecule has 0 aromatic heterocycles. The van der Waals surface area contributed by atoms with Gasteiger partial charge in [0, 0.05) is 26.2 Å². The van der Waals surface area contributed by atoms with Crippen molar-refractivity contribution in [2.45, 2.75) is 26.4 Å². The predicted molar refractivity (Wildman–Crippen MR) is 103 cm³/mol. The first-order valence-electron chi connectivity index (χ1n) is 8.51. The number of nitrogens with zero attached hydrogens (tertiary/aromatic N) is 1. The molecule has 0 aliphatic rings. The van der Waals surface area contributed by atoms with Crippen molar-refractivity contribution in [3.63, 3.8) is 0 Å². The van der Waals surface area contributed by atoms with Gasteiger partial charge in [0.2, 0.25) is 11.8 Å². The van der Waals surface area contributed by atoms with E-state index in [1.54, 1.807) is 44.3 Å². The van der Waals surface area contributed by atoms with Crippen molar-refractivity contribution in [3.8, 4) is 5.75 Å². The van der Waals surface area contributed by atoms with Crippen molar-refractivity contribution < 1.29 is 18.7 Å². The molecule has 7 heteroatoms. The summed E-state index contributed by atoms with van der Waals surface area (Å²) < 4.78 is 18.6. The number of nitrogens with one attached hydrogen (secondary N) is 2. The van der Waals surface area contributed by atoms with Crippen molar-refractivity contribution in [3.05, 3.63) is 53.8 Å². The van der Waals surface area contributed by atoms with Crippen LogP contribution in [0.1, 0.15) is 19.4 Å². The van der Waals surface area contributed by atoms with Crippen molar-refractivity contribution >= 4 is 23.2 Å². The Bertz CT molecular complexity index is 826. The molecule has 1 atom stereocenters. The second-order valence-electron chi connectivity index (χ2n) is 6.29. The highest BCUT2D eigenvalue weighted by atomic mass is 19.1. The quantitative estimate of drug-likeness (QED) is 0.782. The first kappa shape index (κ1) is 20.2. The minimum absolute atomic E-state index is 0.161. The van der Waals surface area contributed by atoms with E-state index in [1.165, 1.54) is 31.1 Å². The fourth-order valence-electron chi connectivity index (χ4n) is 2.71. The summed E-state index contributed by atoms with van der Waals surface area (Å²) in [5, 5.41) is 5.81. The highest BCUT2D eigenvalue weighted by Gasteiger charge is 2.19. The van der Waals surface area contributed by atoms with Gasteiger partial charge >= 0.3 is 0 Å². The molecule has 2 N–H and O–H groups in total. The standard InChI is InChI=1S/C20H24FN3O3/c1-13(20(26)24(3)12-15-6-5-7-16(21)10-15)22-18-11-17(23-14(2)25)8-9-19(18)27-4/h5-11,13,22H,12H2,1-4H3,(H,23,25)/t13-/m1/s1. The van der Waals surface area contributed by atoms with Gasteiger partial charge in [-0.2, -0.15) is 0 Å². The number of halogens is 1. The Balaban J connectivity index is 2.09. The van der Waals surface area contributed by atoms with Crippen molar-refractivity contribution in [2.24, 2.45) is 0 Å². The normalized spacial score (nSPS) is 11.4. The number of benzene rings is 2. The third-order valence-corrected chi connectivity index (χ3v) is 3.95. The zero-order valence-corrected chi connectivity index (χ0v) is 15.9. The van der Waals surface area contributed by atoms with Crippen molar-refractivity contribution in [1.82, 2.24) is 4.90 Å². The van der Waals surface area contributed by atoms with Crippen molar-refractivity contribution in [2.75, 3.05) is 24.8 Å². The Morgan fingerprint density at radius 3 is 2.59 bits per heavy atom. The number of ether oxygens (including phenoxy) is 1. The van der Waals surface area contributed by atoms with E-state index in [9.17, 15) is 14.0 Å². The largest absolute Gasteiger partial charge is 0.495 e. The predicted octanol–water partition coefficient (Wildman–Crippen LogP) is 3.25. The zero-order chi connectivity index (χ0) is 20.0. The molecular weight excluding hydrogens is 349 g/mol. The molecule has 0 bridgehead atoms. The Morgan fingerprint density at radius 1 is 1.22 bits per heavy atom. The summed E-state index contributed by atoms with van der Waals surface area (Å²) in [7, 11) is 3.19. The first-order chi connectivity index (χ1) is 12.8. The molecule has 2 aromatic carbocycles. The minimum atomic E-state index is -0.551. The molecule has 27 heavy (non-hydrogen) atoms. The van der Waals surface area contributed by atoms with Crippen LogP contribution in [0, 0.1) is 5.82 Å². The van der Waals surface area contributed by atoms with E-state index in [0.29, 0.717) is 29.2 Å². The van der Waals surface area contributed by atoms with Crippen LogP contribution in [0.3, 0.4) is 0 Å². The maximum Gasteiger partial charge on any atom is 0.244 e. The number of carbonyl (C=O) groups is 2. The van der Waals surface area contributed by atoms with Gasteiger partial charge in [-0.3, -0.25) is 9.59 Å². The molecule has 2 amide bonds. The second kappa shape index (κ2) is 9.02. The van der Waals surface area contributed by atoms with Crippen LogP contribution in [0.15, 0.2) is 42.5 Å². The minimum Gasteiger partial charge on any atom is -0.495 e. The van der Waals surface area contributed by atoms with Crippen LogP contribution in [0.5, 0.6) is 5.75 Å². The van der Waals surface area contributed by atoms with Crippen LogP contribution < -0.4 is 15.4 Å². The van der Waals surface area contributed by atoms with Crippen LogP contribution in [0.4, 0.5) is 15.8 Å². The third-order valence-electron chi connectivity index (χ3n) is 3.95. The Kier molecular flexibility index (Phi) is 6.76. The monoisotopic (exact) mass is 373 g/mol. The number of anilines is 2. The molecule has 0 radical (unpaired) electrons. The number of rotatable bonds is 7. The lowest BCUT2D eigenvalue weighted by atomic mass is 10.2. The SMILES string of the molecule is COc1ccc(NC(C)=O)cc1N[C@H](C)C(=O)N(C)Cc1cccc(F)c1. The molecule has 0 unspecified atom stereocenters. The lowest BCUT2D eigenvalue weighted by molar-refractivity contribution is -0.130. The van der Waals surface area contributed by atoms with Gasteiger partial charge in [-0.1, -0.05) is 12.1 Å². The van der Waals surface area contributed by atoms with E-state index in [0.717, 1.165) is 0 Å². The van der Waals surface area contributed by atoms with E-state index in [-0.39, 0.29) is 17.6 Å². The van der Waals surface area contributed by atoms with Gasteiger partial charge < -0.3 is 20.3 Å². The molecule has 2 rings (SSSR count). The van der Waals surface area contributed by atoms with Crippen LogP contribution in [0.25, 0.3) is 0 Å². The fraction of sp³-hybridized carbons (Fsp3) is 0.300. The maximum atomic E-state index is 13.3. The summed E-state index contributed by atoms with van der Waals surface area (Å²) in [6, 6.07) is 10.7. The Hall–Kier alpha value is -3.09. The smallest absolute Gasteiger partial charge is 0.244 e. The summed E-state index contributed by atoms with van der Waals surface area (Å²) in [6.07, 6.45) is 0. The summed E-state index contributed by atoms with van der Waals surface area (Å²) in [5.74, 6) is -0.133. The number of methoxy groups -OCH3 is 1. The van der Waals surface area contributed by atoms with Crippen LogP contribution in [0.2, 0.25) is 0 Å². The molecule has 2 aromatic rings. The molecular formula is C20H24FN3O3. The second-order valence-corrected chi connectivity index (χ2v) is 6.29. The van der Waals surface area contributed by atoms with E-state index < -0.39 is 6.04 Å². The highest BCUT2D eigenvalue weighted by molar-refractivity contribution is 5.90. The van der Waals surface area contributed by atoms with Gasteiger partial charge in [0.15, 0.2) is 0 Å². The number of hydrogen-bond donors (Lipinski definition) is 2. The zero-order valence-electron chi connectivity index (χ0n) is 15.9. The van der Waals surface area contributed by atoms with Gasteiger partial charge in [0.1, 0.15) is 17.6 Å². The van der Waals surface area contributed by atoms with E-state index in [4.69, 9.17) is 4.74 Å². The van der Waals surface area contributed by atoms with E-state index in [2.05, 4.69) is 10.6 Å². The third kappa shape index (κ3) is 5.70. The molecule has 0 fully saturated rings. The lowest BCUT2D eigenvalue weighted by Crippen LogP contribution is -2.38. The van der Waals surface area contributed by atoms with Gasteiger partial charge in [-0.05, 0) is 42.8 Å². The summed E-state index contributed by atoms with van der Waals surface area (Å²) in [6.45, 7) is 3.45. The number of amides is 2. The average Bonchev–Trinajstić information content (AvgIpc) is 2.60. The summed E-state index contributed by atoms with van der Waals surface area (Å²) in [4.78, 5) is 25.4. The lowest BCUT2D eigenvalue weighted by Gasteiger charge is -2.24. The Labute approximate surface area is 158 Å². The molecule has 6 nitrogen and oxygen atoms in total. The van der Waals surface area contributed by atoms with Gasteiger partial charge in [-0.15, -0.1) is 0 Å². The van der Waals surface area contributed by atoms with E-state index >= 15 is 0 Å². The van der Waals surface area contributed by atoms with Crippen LogP contribution in [-0.4, -0.2) is 36.9 Å². The van der Waals surface area contributed by atoms with Gasteiger partial charge in [0.25, 0.3) is 0 Å². The Morgan fingerprint density at radius 2 is 1.96 bits per heavy atom. The highest BCUT2D eigenvalue weighted by Crippen LogP contribution is 2.28. The molecule has 0 heterocycles. The molecule has 0 spiro atoms. The number of likely N-dealkylation sites (N-methyl/N-ethyl adjacent to an activating group) is 1. The summed E-state index contributed by atoms with van der Waals surface area (Å²) >= 11 is 0. The fourth-order valence-corrected chi connectivity index (χ4v) is 2.71. The van der Waals surface area contributed by atoms with Gasteiger partial charge in [-0.25, -0.2) is 4.39 Å². The first-order valence-corrected chi connectivity index (χ1v) is 8.51. The van der Waals surface area contributed by atoms with E-state index in [1.807, 2.05) is 0 Å². The number of hydrogen-bond acceptors (Lipinski definition) is 4. The van der Waals surface area contributed by atoms with Crippen molar-refractivity contribution in [1.29, 1.82) is 0 Å². The van der Waals surface area contributed by atoms with Gasteiger partial charge in [0.05, 0.1) is 12.8 Å². The summed E-state index contributed by atoms with van der Waals surface area (Å²) in [5.41, 5.74) is 1.89. The molecule has 0 saturated heterocycles. The molecule has 0 aliphatic heterocycles. The maximum absolute atomic E-state index is 13.3. The molecule has 144 valence electrons. The number of carbonyl (C=O) groups excluding carboxylic acids is 2.